The summed E-state index contributed by atoms with van der Waals surface area (Å²) >= 11 is 0. The van der Waals surface area contributed by atoms with Crippen molar-refractivity contribution in [1.82, 2.24) is 15.1 Å². The fourth-order valence-corrected chi connectivity index (χ4v) is 5.04. The highest BCUT2D eigenvalue weighted by atomic mass is 19.1. The highest BCUT2D eigenvalue weighted by Gasteiger charge is 2.48. The summed E-state index contributed by atoms with van der Waals surface area (Å²) < 4.78 is 28.8. The number of anilines is 1. The predicted octanol–water partition coefficient (Wildman–Crippen LogP) is 4.92. The highest BCUT2D eigenvalue weighted by molar-refractivity contribution is 6.01. The fourth-order valence-electron chi connectivity index (χ4n) is 5.04. The second kappa shape index (κ2) is 8.55. The summed E-state index contributed by atoms with van der Waals surface area (Å²) in [6.45, 7) is 1.82. The van der Waals surface area contributed by atoms with Gasteiger partial charge in [0, 0.05) is 17.0 Å². The minimum Gasteiger partial charge on any atom is -0.350 e. The number of aromatic nitrogens is 2. The van der Waals surface area contributed by atoms with E-state index in [4.69, 9.17) is 0 Å². The molecule has 4 aromatic rings. The van der Waals surface area contributed by atoms with Gasteiger partial charge >= 0.3 is 0 Å². The van der Waals surface area contributed by atoms with E-state index >= 15 is 0 Å². The van der Waals surface area contributed by atoms with Crippen molar-refractivity contribution < 1.29 is 18.4 Å². The molecule has 1 saturated heterocycles. The average molecular weight is 487 g/mol. The first-order chi connectivity index (χ1) is 17.4. The molecule has 0 bridgehead atoms. The van der Waals surface area contributed by atoms with Crippen LogP contribution < -0.4 is 10.2 Å². The molecule has 3 aromatic carbocycles. The molecule has 1 aliphatic carbocycles. The van der Waals surface area contributed by atoms with E-state index in [-0.39, 0.29) is 29.4 Å². The van der Waals surface area contributed by atoms with Crippen molar-refractivity contribution in [2.45, 2.75) is 31.8 Å². The molecule has 2 heterocycles. The molecule has 0 spiro atoms. The van der Waals surface area contributed by atoms with Gasteiger partial charge in [0.1, 0.15) is 11.6 Å². The van der Waals surface area contributed by atoms with Gasteiger partial charge in [-0.2, -0.15) is 5.10 Å². The highest BCUT2D eigenvalue weighted by Crippen LogP contribution is 2.42. The van der Waals surface area contributed by atoms with Crippen LogP contribution in [-0.4, -0.2) is 27.6 Å². The molecule has 1 aromatic heterocycles. The maximum absolute atomic E-state index is 13.7. The Morgan fingerprint density at radius 3 is 2.25 bits per heavy atom. The molecule has 2 amide bonds. The molecule has 8 heteroatoms. The Kier molecular flexibility index (Phi) is 5.32. The predicted molar refractivity (Wildman–Crippen MR) is 131 cm³/mol. The molecule has 2 fully saturated rings. The quantitative estimate of drug-likeness (QED) is 0.435. The van der Waals surface area contributed by atoms with Crippen molar-refractivity contribution in [2.24, 2.45) is 11.8 Å². The standard InChI is InChI=1S/C28H24F2N4O2/c1-16-25(32-27(35)18-2-3-18)26(17-4-6-20(29)7-5-17)33(28(16)36)23-12-13-24-19(14-23)15-31-34(24)22-10-8-21(30)9-11-22/h4-16,18,25-26H,2-3H2,1H3,(H,32,35)/t16?,25-,26?/m0/s1. The molecule has 6 rings (SSSR count). The molecule has 2 aliphatic rings. The summed E-state index contributed by atoms with van der Waals surface area (Å²) in [7, 11) is 0. The average Bonchev–Trinajstić information content (AvgIpc) is 3.61. The number of carbonyl (C=O) groups excluding carboxylic acids is 2. The lowest BCUT2D eigenvalue weighted by atomic mass is 9.94. The lowest BCUT2D eigenvalue weighted by Crippen LogP contribution is -2.42. The summed E-state index contributed by atoms with van der Waals surface area (Å²) in [4.78, 5) is 28.0. The van der Waals surface area contributed by atoms with E-state index in [0.717, 1.165) is 35.0 Å². The molecule has 182 valence electrons. The van der Waals surface area contributed by atoms with Gasteiger partial charge in [0.15, 0.2) is 0 Å². The van der Waals surface area contributed by atoms with E-state index < -0.39 is 18.0 Å². The Bertz CT molecular complexity index is 1460. The smallest absolute Gasteiger partial charge is 0.232 e. The van der Waals surface area contributed by atoms with Crippen LogP contribution in [0, 0.1) is 23.5 Å². The number of rotatable bonds is 5. The van der Waals surface area contributed by atoms with E-state index in [1.54, 1.807) is 40.0 Å². The van der Waals surface area contributed by atoms with Gasteiger partial charge in [-0.05, 0) is 73.0 Å². The number of nitrogens with zero attached hydrogens (tertiary/aromatic N) is 3. The molecular formula is C28H24F2N4O2. The van der Waals surface area contributed by atoms with E-state index in [9.17, 15) is 18.4 Å². The van der Waals surface area contributed by atoms with Crippen LogP contribution in [0.25, 0.3) is 16.6 Å². The second-order valence-electron chi connectivity index (χ2n) is 9.58. The van der Waals surface area contributed by atoms with Crippen LogP contribution in [0.1, 0.15) is 31.4 Å². The van der Waals surface area contributed by atoms with Gasteiger partial charge in [-0.15, -0.1) is 0 Å². The Labute approximate surface area is 206 Å². The lowest BCUT2D eigenvalue weighted by molar-refractivity contribution is -0.123. The summed E-state index contributed by atoms with van der Waals surface area (Å²) in [6, 6.07) is 16.8. The summed E-state index contributed by atoms with van der Waals surface area (Å²) in [5, 5.41) is 8.37. The number of halogens is 2. The van der Waals surface area contributed by atoms with Crippen molar-refractivity contribution in [3.8, 4) is 5.69 Å². The number of carbonyl (C=O) groups is 2. The van der Waals surface area contributed by atoms with E-state index in [2.05, 4.69) is 10.4 Å². The van der Waals surface area contributed by atoms with Gasteiger partial charge in [-0.25, -0.2) is 13.5 Å². The minimum absolute atomic E-state index is 0.00358. The Morgan fingerprint density at radius 1 is 0.944 bits per heavy atom. The van der Waals surface area contributed by atoms with E-state index in [1.807, 2.05) is 25.1 Å². The zero-order chi connectivity index (χ0) is 25.0. The molecule has 1 saturated carbocycles. The summed E-state index contributed by atoms with van der Waals surface area (Å²) in [5.41, 5.74) is 2.94. The van der Waals surface area contributed by atoms with Crippen molar-refractivity contribution in [2.75, 3.05) is 4.90 Å². The Hall–Kier alpha value is -4.07. The zero-order valence-electron chi connectivity index (χ0n) is 19.6. The van der Waals surface area contributed by atoms with Gasteiger partial charge in [0.25, 0.3) is 0 Å². The maximum Gasteiger partial charge on any atom is 0.232 e. The number of fused-ring (bicyclic) bond motifs is 1. The van der Waals surface area contributed by atoms with Crippen LogP contribution in [0.3, 0.4) is 0 Å². The van der Waals surface area contributed by atoms with E-state index in [1.165, 1.54) is 24.3 Å². The van der Waals surface area contributed by atoms with E-state index in [0.29, 0.717) is 5.69 Å². The van der Waals surface area contributed by atoms with Crippen LogP contribution >= 0.6 is 0 Å². The molecule has 1 aliphatic heterocycles. The molecule has 0 radical (unpaired) electrons. The molecular weight excluding hydrogens is 462 g/mol. The van der Waals surface area contributed by atoms with Crippen LogP contribution in [-0.2, 0) is 9.59 Å². The number of hydrogen-bond acceptors (Lipinski definition) is 3. The molecule has 36 heavy (non-hydrogen) atoms. The van der Waals surface area contributed by atoms with Crippen molar-refractivity contribution in [3.05, 3.63) is 90.1 Å². The first kappa shape index (κ1) is 22.4. The van der Waals surface area contributed by atoms with Crippen molar-refractivity contribution in [1.29, 1.82) is 0 Å². The largest absolute Gasteiger partial charge is 0.350 e. The van der Waals surface area contributed by atoms with Gasteiger partial charge in [-0.3, -0.25) is 9.59 Å². The van der Waals surface area contributed by atoms with Crippen LogP contribution in [0.4, 0.5) is 14.5 Å². The molecule has 1 N–H and O–H groups in total. The number of hydrogen-bond donors (Lipinski definition) is 1. The third-order valence-corrected chi connectivity index (χ3v) is 7.15. The first-order valence-electron chi connectivity index (χ1n) is 12.0. The molecule has 2 unspecified atom stereocenters. The Balaban J connectivity index is 1.41. The third kappa shape index (κ3) is 3.82. The topological polar surface area (TPSA) is 67.2 Å². The molecule has 3 atom stereocenters. The van der Waals surface area contributed by atoms with Crippen LogP contribution in [0.2, 0.25) is 0 Å². The summed E-state index contributed by atoms with van der Waals surface area (Å²) in [6.07, 6.45) is 3.42. The number of benzene rings is 3. The maximum atomic E-state index is 13.7. The van der Waals surface area contributed by atoms with Crippen LogP contribution in [0.5, 0.6) is 0 Å². The van der Waals surface area contributed by atoms with Gasteiger partial charge in [0.2, 0.25) is 11.8 Å². The second-order valence-corrected chi connectivity index (χ2v) is 9.58. The monoisotopic (exact) mass is 486 g/mol. The number of nitrogens with one attached hydrogen (secondary N) is 1. The SMILES string of the molecule is CC1C(=O)N(c2ccc3c(cnn3-c3ccc(F)cc3)c2)C(c2ccc(F)cc2)[C@H]1NC(=O)C1CC1. The third-order valence-electron chi connectivity index (χ3n) is 7.15. The molecule has 6 nitrogen and oxygen atoms in total. The zero-order valence-corrected chi connectivity index (χ0v) is 19.6. The van der Waals surface area contributed by atoms with Crippen LogP contribution in [0.15, 0.2) is 72.9 Å². The van der Waals surface area contributed by atoms with Crippen molar-refractivity contribution in [3.63, 3.8) is 0 Å². The first-order valence-corrected chi connectivity index (χ1v) is 12.0. The lowest BCUT2D eigenvalue weighted by Gasteiger charge is -2.29. The number of amides is 2. The van der Waals surface area contributed by atoms with Gasteiger partial charge in [-0.1, -0.05) is 19.1 Å². The normalized spacial score (nSPS) is 21.8. The minimum atomic E-state index is -0.486. The summed E-state index contributed by atoms with van der Waals surface area (Å²) in [5.74, 6) is -1.30. The Morgan fingerprint density at radius 2 is 1.58 bits per heavy atom. The van der Waals surface area contributed by atoms with Crippen molar-refractivity contribution >= 4 is 28.4 Å². The fraction of sp³-hybridized carbons (Fsp3) is 0.250. The van der Waals surface area contributed by atoms with Gasteiger partial charge < -0.3 is 10.2 Å². The van der Waals surface area contributed by atoms with Gasteiger partial charge in [0.05, 0.1) is 35.4 Å².